The molecule has 6 heteroatoms. The van der Waals surface area contributed by atoms with Gasteiger partial charge in [-0.25, -0.2) is 4.79 Å². The van der Waals surface area contributed by atoms with E-state index in [1.54, 1.807) is 6.92 Å². The predicted molar refractivity (Wildman–Crippen MR) is 109 cm³/mol. The smallest absolute Gasteiger partial charge is 0.340 e. The van der Waals surface area contributed by atoms with E-state index in [1.807, 2.05) is 6.08 Å². The molecule has 0 aromatic heterocycles. The Labute approximate surface area is 171 Å². The number of rotatable bonds is 10. The van der Waals surface area contributed by atoms with Gasteiger partial charge in [-0.3, -0.25) is 9.59 Å². The van der Waals surface area contributed by atoms with Crippen LogP contribution in [0.2, 0.25) is 0 Å². The summed E-state index contributed by atoms with van der Waals surface area (Å²) in [4.78, 5) is 36.8. The maximum Gasteiger partial charge on any atom is 0.340 e. The normalized spacial score (nSPS) is 24.1. The largest absolute Gasteiger partial charge is 0.478 e. The second kappa shape index (κ2) is 9.83. The van der Waals surface area contributed by atoms with Gasteiger partial charge in [0.25, 0.3) is 0 Å². The Bertz CT molecular complexity index is 794. The van der Waals surface area contributed by atoms with Crippen LogP contribution in [-0.4, -0.2) is 33.3 Å². The van der Waals surface area contributed by atoms with Crippen LogP contribution < -0.4 is 0 Å². The van der Waals surface area contributed by atoms with Crippen molar-refractivity contribution in [3.8, 4) is 0 Å². The number of unbranched alkanes of at least 4 members (excludes halogenated alkanes) is 5. The quantitative estimate of drug-likeness (QED) is 0.325. The lowest BCUT2D eigenvalue weighted by Gasteiger charge is -2.38. The summed E-state index contributed by atoms with van der Waals surface area (Å²) in [7, 11) is 0. The third-order valence-corrected chi connectivity index (χ3v) is 5.44. The van der Waals surface area contributed by atoms with Gasteiger partial charge in [-0.2, -0.15) is 0 Å². The van der Waals surface area contributed by atoms with Crippen LogP contribution in [0.25, 0.3) is 0 Å². The average molecular weight is 402 g/mol. The molecule has 0 radical (unpaired) electrons. The van der Waals surface area contributed by atoms with Gasteiger partial charge in [-0.15, -0.1) is 0 Å². The Hall–Kier alpha value is -2.47. The van der Waals surface area contributed by atoms with Crippen LogP contribution in [0.3, 0.4) is 0 Å². The van der Waals surface area contributed by atoms with Gasteiger partial charge < -0.3 is 14.9 Å². The topological polar surface area (TPSA) is 101 Å². The zero-order valence-electron chi connectivity index (χ0n) is 17.4. The van der Waals surface area contributed by atoms with Crippen molar-refractivity contribution in [1.82, 2.24) is 0 Å². The fraction of sp³-hybridized carbons (Fsp3) is 0.522. The summed E-state index contributed by atoms with van der Waals surface area (Å²) in [5.41, 5.74) is -1.92. The summed E-state index contributed by atoms with van der Waals surface area (Å²) in [6.07, 6.45) is 12.5. The number of carboxylic acid groups (broad SMARTS) is 1. The SMILES string of the molecule is CCCCCCCC=CC(=O)CC1C2=COC(C)=CC2=C(C(=O)O)C(=O)C1(C)O. The van der Waals surface area contributed by atoms with Gasteiger partial charge in [0.15, 0.2) is 5.78 Å². The van der Waals surface area contributed by atoms with Gasteiger partial charge in [0, 0.05) is 23.5 Å². The van der Waals surface area contributed by atoms with E-state index < -0.39 is 28.8 Å². The van der Waals surface area contributed by atoms with Crippen LogP contribution in [0.5, 0.6) is 0 Å². The Morgan fingerprint density at radius 3 is 2.59 bits per heavy atom. The van der Waals surface area contributed by atoms with Crippen molar-refractivity contribution in [2.75, 3.05) is 0 Å². The molecule has 6 nitrogen and oxygen atoms in total. The maximum absolute atomic E-state index is 12.7. The lowest BCUT2D eigenvalue weighted by molar-refractivity contribution is -0.143. The molecule has 158 valence electrons. The summed E-state index contributed by atoms with van der Waals surface area (Å²) in [6.45, 7) is 5.06. The highest BCUT2D eigenvalue weighted by Gasteiger charge is 2.51. The van der Waals surface area contributed by atoms with Gasteiger partial charge in [0.1, 0.15) is 16.9 Å². The lowest BCUT2D eigenvalue weighted by Crippen LogP contribution is -2.50. The molecule has 0 aromatic carbocycles. The number of ether oxygens (including phenoxy) is 1. The van der Waals surface area contributed by atoms with Crippen molar-refractivity contribution in [1.29, 1.82) is 0 Å². The number of Topliss-reactive ketones (excluding diaryl/α,β-unsaturated/α-hetero) is 1. The molecule has 2 rings (SSSR count). The highest BCUT2D eigenvalue weighted by Crippen LogP contribution is 2.43. The van der Waals surface area contributed by atoms with Crippen molar-refractivity contribution in [3.63, 3.8) is 0 Å². The third kappa shape index (κ3) is 5.32. The molecule has 2 N–H and O–H groups in total. The van der Waals surface area contributed by atoms with E-state index in [9.17, 15) is 24.6 Å². The first-order valence-electron chi connectivity index (χ1n) is 10.2. The third-order valence-electron chi connectivity index (χ3n) is 5.44. The Kier molecular flexibility index (Phi) is 7.73. The molecule has 0 aromatic rings. The van der Waals surface area contributed by atoms with Crippen molar-refractivity contribution >= 4 is 17.5 Å². The highest BCUT2D eigenvalue weighted by atomic mass is 16.5. The lowest BCUT2D eigenvalue weighted by atomic mass is 9.67. The molecule has 1 aliphatic heterocycles. The van der Waals surface area contributed by atoms with E-state index in [0.717, 1.165) is 19.3 Å². The standard InChI is InChI=1S/C23H30O6/c1-4-5-6-7-8-9-10-11-16(24)13-19-18-14-29-15(2)12-17(18)20(22(26)27)21(25)23(19,3)28/h10-12,14,19,28H,4-9,13H2,1-3H3,(H,26,27). The summed E-state index contributed by atoms with van der Waals surface area (Å²) in [6, 6.07) is 0. The van der Waals surface area contributed by atoms with E-state index in [2.05, 4.69) is 6.92 Å². The minimum Gasteiger partial charge on any atom is -0.478 e. The number of aliphatic hydroxyl groups is 1. The number of hydrogen-bond donors (Lipinski definition) is 2. The first-order valence-corrected chi connectivity index (χ1v) is 10.2. The van der Waals surface area contributed by atoms with E-state index in [1.165, 1.54) is 44.6 Å². The average Bonchev–Trinajstić information content (AvgIpc) is 2.65. The van der Waals surface area contributed by atoms with Gasteiger partial charge >= 0.3 is 5.97 Å². The Balaban J connectivity index is 2.15. The molecule has 0 saturated carbocycles. The van der Waals surface area contributed by atoms with Crippen LogP contribution in [0.1, 0.15) is 65.7 Å². The molecular formula is C23H30O6. The highest BCUT2D eigenvalue weighted by molar-refractivity contribution is 6.22. The van der Waals surface area contributed by atoms with Crippen LogP contribution >= 0.6 is 0 Å². The molecule has 1 heterocycles. The Morgan fingerprint density at radius 1 is 1.24 bits per heavy atom. The molecule has 0 bridgehead atoms. The number of allylic oxidation sites excluding steroid dienone is 5. The molecular weight excluding hydrogens is 372 g/mol. The second-order valence-electron chi connectivity index (χ2n) is 7.84. The molecule has 2 aliphatic rings. The number of carboxylic acids is 1. The summed E-state index contributed by atoms with van der Waals surface area (Å²) in [5, 5.41) is 20.3. The predicted octanol–water partition coefficient (Wildman–Crippen LogP) is 4.01. The molecule has 0 saturated heterocycles. The van der Waals surface area contributed by atoms with Crippen LogP contribution in [0.4, 0.5) is 0 Å². The van der Waals surface area contributed by atoms with Crippen LogP contribution in [-0.2, 0) is 19.1 Å². The summed E-state index contributed by atoms with van der Waals surface area (Å²) >= 11 is 0. The first kappa shape index (κ1) is 22.8. The molecule has 0 fully saturated rings. The number of carbonyl (C=O) groups excluding carboxylic acids is 2. The number of hydrogen-bond acceptors (Lipinski definition) is 5. The summed E-state index contributed by atoms with van der Waals surface area (Å²) < 4.78 is 5.38. The first-order chi connectivity index (χ1) is 13.7. The molecule has 2 unspecified atom stereocenters. The Morgan fingerprint density at radius 2 is 1.93 bits per heavy atom. The van der Waals surface area contributed by atoms with Crippen LogP contribution in [0, 0.1) is 5.92 Å². The molecule has 0 spiro atoms. The maximum atomic E-state index is 12.7. The zero-order valence-corrected chi connectivity index (χ0v) is 17.4. The fourth-order valence-corrected chi connectivity index (χ4v) is 3.73. The monoisotopic (exact) mass is 402 g/mol. The van der Waals surface area contributed by atoms with Gasteiger partial charge in [-0.1, -0.05) is 38.7 Å². The second-order valence-corrected chi connectivity index (χ2v) is 7.84. The molecule has 2 atom stereocenters. The zero-order chi connectivity index (χ0) is 21.6. The minimum atomic E-state index is -2.00. The van der Waals surface area contributed by atoms with E-state index in [0.29, 0.717) is 11.3 Å². The van der Waals surface area contributed by atoms with Crippen molar-refractivity contribution in [2.45, 2.75) is 71.3 Å². The number of fused-ring (bicyclic) bond motifs is 1. The number of carbonyl (C=O) groups is 3. The van der Waals surface area contributed by atoms with Crippen LogP contribution in [0.15, 0.2) is 47.0 Å². The van der Waals surface area contributed by atoms with Gasteiger partial charge in [-0.05, 0) is 38.8 Å². The minimum absolute atomic E-state index is 0.108. The van der Waals surface area contributed by atoms with E-state index in [-0.39, 0.29) is 17.8 Å². The fourth-order valence-electron chi connectivity index (χ4n) is 3.73. The number of aliphatic carboxylic acids is 1. The van der Waals surface area contributed by atoms with Crippen molar-refractivity contribution in [3.05, 3.63) is 47.0 Å². The molecule has 29 heavy (non-hydrogen) atoms. The van der Waals surface area contributed by atoms with Gasteiger partial charge in [0.05, 0.1) is 6.26 Å². The molecule has 0 amide bonds. The van der Waals surface area contributed by atoms with E-state index >= 15 is 0 Å². The molecule has 1 aliphatic carbocycles. The van der Waals surface area contributed by atoms with Crippen molar-refractivity contribution in [2.24, 2.45) is 5.92 Å². The van der Waals surface area contributed by atoms with Crippen molar-refractivity contribution < 1.29 is 29.3 Å². The summed E-state index contributed by atoms with van der Waals surface area (Å²) in [5.74, 6) is -2.96. The number of ketones is 2. The van der Waals surface area contributed by atoms with Gasteiger partial charge in [0.2, 0.25) is 5.78 Å². The van der Waals surface area contributed by atoms with E-state index in [4.69, 9.17) is 4.74 Å².